The molecule has 2 aromatic carbocycles. The Morgan fingerprint density at radius 2 is 1.32 bits per heavy atom. The van der Waals surface area contributed by atoms with Gasteiger partial charge in [-0.2, -0.15) is 0 Å². The fraction of sp³-hybridized carbons (Fsp3) is 0.0769. The summed E-state index contributed by atoms with van der Waals surface area (Å²) in [5, 5.41) is 0. The lowest BCUT2D eigenvalue weighted by Gasteiger charge is -2.09. The third-order valence-electron chi connectivity index (χ3n) is 2.13. The highest BCUT2D eigenvalue weighted by Gasteiger charge is 2.30. The molecule has 6 heteroatoms. The Hall–Kier alpha value is -1.27. The van der Waals surface area contributed by atoms with Crippen molar-refractivity contribution in [2.45, 2.75) is 21.0 Å². The molecule has 0 N–H and O–H groups in total. The van der Waals surface area contributed by atoms with Gasteiger partial charge in [-0.05, 0) is 48.5 Å². The second-order valence-corrected chi connectivity index (χ2v) is 5.28. The predicted octanol–water partition coefficient (Wildman–Crippen LogP) is 5.03. The summed E-state index contributed by atoms with van der Waals surface area (Å²) in [6, 6.07) is 13.3. The van der Waals surface area contributed by atoms with Gasteiger partial charge in [0, 0.05) is 14.7 Å². The topological polar surface area (TPSA) is 9.23 Å². The first-order valence-electron chi connectivity index (χ1n) is 5.25. The van der Waals surface area contributed by atoms with E-state index in [1.807, 2.05) is 24.3 Å². The molecule has 100 valence electrons. The number of rotatable bonds is 3. The van der Waals surface area contributed by atoms with E-state index in [1.165, 1.54) is 23.9 Å². The van der Waals surface area contributed by atoms with Gasteiger partial charge in [0.2, 0.25) is 0 Å². The van der Waals surface area contributed by atoms with Crippen LogP contribution in [-0.2, 0) is 0 Å². The van der Waals surface area contributed by atoms with Crippen LogP contribution in [0.2, 0.25) is 0 Å². The van der Waals surface area contributed by atoms with E-state index in [0.29, 0.717) is 0 Å². The summed E-state index contributed by atoms with van der Waals surface area (Å²) >= 11 is 5.63. The molecule has 0 saturated carbocycles. The maximum Gasteiger partial charge on any atom is 0.573 e. The number of benzene rings is 2. The minimum Gasteiger partial charge on any atom is -0.406 e. The van der Waals surface area contributed by atoms with Crippen molar-refractivity contribution in [1.82, 2.24) is 0 Å². The lowest BCUT2D eigenvalue weighted by Crippen LogP contribution is -2.16. The van der Waals surface area contributed by atoms with Crippen LogP contribution in [0.5, 0.6) is 5.75 Å². The average Bonchev–Trinajstić information content (AvgIpc) is 2.33. The van der Waals surface area contributed by atoms with E-state index in [0.717, 1.165) is 14.7 Å². The fourth-order valence-electron chi connectivity index (χ4n) is 1.36. The van der Waals surface area contributed by atoms with Gasteiger partial charge in [-0.3, -0.25) is 0 Å². The molecule has 2 rings (SSSR count). The van der Waals surface area contributed by atoms with E-state index < -0.39 is 6.36 Å². The monoisotopic (exact) mass is 302 g/mol. The Kier molecular flexibility index (Phi) is 4.31. The van der Waals surface area contributed by atoms with E-state index in [-0.39, 0.29) is 5.75 Å². The third-order valence-corrected chi connectivity index (χ3v) is 3.44. The average molecular weight is 302 g/mol. The Morgan fingerprint density at radius 3 is 1.79 bits per heavy atom. The second kappa shape index (κ2) is 5.79. The quantitative estimate of drug-likeness (QED) is 0.797. The highest BCUT2D eigenvalue weighted by Crippen LogP contribution is 2.30. The molecule has 0 amide bonds. The van der Waals surface area contributed by atoms with Crippen LogP contribution in [0, 0.1) is 0 Å². The largest absolute Gasteiger partial charge is 0.573 e. The van der Waals surface area contributed by atoms with Gasteiger partial charge in [0.05, 0.1) is 0 Å². The smallest absolute Gasteiger partial charge is 0.406 e. The Morgan fingerprint density at radius 1 is 0.842 bits per heavy atom. The molecule has 0 atom stereocenters. The van der Waals surface area contributed by atoms with Crippen LogP contribution in [0.4, 0.5) is 13.2 Å². The SMILES string of the molecule is FC(F)(F)Oc1ccc(Sc2ccc(S)cc2)cc1. The molecule has 0 heterocycles. The van der Waals surface area contributed by atoms with Crippen molar-refractivity contribution < 1.29 is 17.9 Å². The van der Waals surface area contributed by atoms with Crippen molar-refractivity contribution in [2.24, 2.45) is 0 Å². The Labute approximate surface area is 118 Å². The van der Waals surface area contributed by atoms with Gasteiger partial charge in [0.25, 0.3) is 0 Å². The Balaban J connectivity index is 2.04. The van der Waals surface area contributed by atoms with E-state index >= 15 is 0 Å². The highest BCUT2D eigenvalue weighted by atomic mass is 32.2. The van der Waals surface area contributed by atoms with Crippen LogP contribution in [0.15, 0.2) is 63.2 Å². The molecule has 0 unspecified atom stereocenters. The van der Waals surface area contributed by atoms with Gasteiger partial charge in [0.1, 0.15) is 5.75 Å². The van der Waals surface area contributed by atoms with Crippen LogP contribution < -0.4 is 4.74 Å². The van der Waals surface area contributed by atoms with Crippen molar-refractivity contribution in [3.8, 4) is 5.75 Å². The van der Waals surface area contributed by atoms with Crippen LogP contribution in [0.1, 0.15) is 0 Å². The fourth-order valence-corrected chi connectivity index (χ4v) is 2.33. The van der Waals surface area contributed by atoms with Gasteiger partial charge in [-0.25, -0.2) is 0 Å². The molecular weight excluding hydrogens is 293 g/mol. The molecule has 0 aliphatic rings. The lowest BCUT2D eigenvalue weighted by molar-refractivity contribution is -0.274. The van der Waals surface area contributed by atoms with Crippen LogP contribution in [0.3, 0.4) is 0 Å². The minimum atomic E-state index is -4.66. The lowest BCUT2D eigenvalue weighted by atomic mass is 10.3. The standard InChI is InChI=1S/C13H9F3OS2/c14-13(15,16)17-9-1-5-11(6-2-9)19-12-7-3-10(18)4-8-12/h1-8,18H. The molecule has 0 saturated heterocycles. The molecule has 19 heavy (non-hydrogen) atoms. The summed E-state index contributed by atoms with van der Waals surface area (Å²) < 4.78 is 39.8. The van der Waals surface area contributed by atoms with Gasteiger partial charge in [0.15, 0.2) is 0 Å². The van der Waals surface area contributed by atoms with Crippen LogP contribution in [0.25, 0.3) is 0 Å². The molecular formula is C13H9F3OS2. The number of alkyl halides is 3. The maximum absolute atomic E-state index is 12.0. The number of ether oxygens (including phenoxy) is 1. The second-order valence-electron chi connectivity index (χ2n) is 3.62. The summed E-state index contributed by atoms with van der Waals surface area (Å²) in [7, 11) is 0. The molecule has 0 aromatic heterocycles. The first-order valence-corrected chi connectivity index (χ1v) is 6.51. The van der Waals surface area contributed by atoms with Crippen LogP contribution in [-0.4, -0.2) is 6.36 Å². The minimum absolute atomic E-state index is 0.220. The molecule has 0 bridgehead atoms. The van der Waals surface area contributed by atoms with Crippen molar-refractivity contribution in [2.75, 3.05) is 0 Å². The first kappa shape index (κ1) is 14.1. The van der Waals surface area contributed by atoms with E-state index in [1.54, 1.807) is 12.1 Å². The van der Waals surface area contributed by atoms with E-state index in [2.05, 4.69) is 17.4 Å². The third kappa shape index (κ3) is 4.72. The molecule has 0 aliphatic carbocycles. The molecule has 0 spiro atoms. The summed E-state index contributed by atoms with van der Waals surface area (Å²) in [5.41, 5.74) is 0. The van der Waals surface area contributed by atoms with Gasteiger partial charge in [-0.1, -0.05) is 11.8 Å². The zero-order valence-corrected chi connectivity index (χ0v) is 11.2. The number of hydrogen-bond donors (Lipinski definition) is 1. The van der Waals surface area contributed by atoms with Crippen molar-refractivity contribution in [1.29, 1.82) is 0 Å². The van der Waals surface area contributed by atoms with Crippen LogP contribution >= 0.6 is 24.4 Å². The van der Waals surface area contributed by atoms with Crippen molar-refractivity contribution >= 4 is 24.4 Å². The van der Waals surface area contributed by atoms with Gasteiger partial charge >= 0.3 is 6.36 Å². The summed E-state index contributed by atoms with van der Waals surface area (Å²) in [6.45, 7) is 0. The normalized spacial score (nSPS) is 11.4. The molecule has 0 radical (unpaired) electrons. The molecule has 1 nitrogen and oxygen atoms in total. The van der Waals surface area contributed by atoms with E-state index in [9.17, 15) is 13.2 Å². The summed E-state index contributed by atoms with van der Waals surface area (Å²) in [6.07, 6.45) is -4.66. The number of halogens is 3. The highest BCUT2D eigenvalue weighted by molar-refractivity contribution is 7.99. The number of thiol groups is 1. The first-order chi connectivity index (χ1) is 8.92. The summed E-state index contributed by atoms with van der Waals surface area (Å²) in [4.78, 5) is 2.68. The summed E-state index contributed by atoms with van der Waals surface area (Å²) in [5.74, 6) is -0.220. The van der Waals surface area contributed by atoms with Crippen molar-refractivity contribution in [3.05, 3.63) is 48.5 Å². The van der Waals surface area contributed by atoms with Gasteiger partial charge in [-0.15, -0.1) is 25.8 Å². The molecule has 0 aliphatic heterocycles. The predicted molar refractivity (Wildman–Crippen MR) is 70.9 cm³/mol. The van der Waals surface area contributed by atoms with E-state index in [4.69, 9.17) is 0 Å². The molecule has 0 fully saturated rings. The zero-order valence-electron chi connectivity index (χ0n) is 9.52. The van der Waals surface area contributed by atoms with Gasteiger partial charge < -0.3 is 4.74 Å². The zero-order chi connectivity index (χ0) is 13.9. The molecule has 2 aromatic rings. The maximum atomic E-state index is 12.0. The van der Waals surface area contributed by atoms with Crippen molar-refractivity contribution in [3.63, 3.8) is 0 Å². The number of hydrogen-bond acceptors (Lipinski definition) is 3. The Bertz CT molecular complexity index is 535.